The van der Waals surface area contributed by atoms with Crippen LogP contribution in [-0.4, -0.2) is 31.3 Å². The molecular weight excluding hydrogens is 426 g/mol. The number of para-hydroxylation sites is 1. The fourth-order valence-electron chi connectivity index (χ4n) is 4.29. The number of rotatable bonds is 6. The highest BCUT2D eigenvalue weighted by Crippen LogP contribution is 2.44. The summed E-state index contributed by atoms with van der Waals surface area (Å²) in [6, 6.07) is 16.6. The molecule has 1 atom stereocenters. The summed E-state index contributed by atoms with van der Waals surface area (Å²) in [7, 11) is 1.56. The van der Waals surface area contributed by atoms with Gasteiger partial charge in [0.1, 0.15) is 11.8 Å². The molecule has 0 spiro atoms. The molecule has 0 bridgehead atoms. The molecule has 3 aromatic carbocycles. The maximum Gasteiger partial charge on any atom is 0.279 e. The van der Waals surface area contributed by atoms with Crippen molar-refractivity contribution < 1.29 is 23.9 Å². The molecular formula is C24H21N3O6. The third-order valence-electron chi connectivity index (χ3n) is 5.85. The lowest BCUT2D eigenvalue weighted by molar-refractivity contribution is -0.385. The molecule has 1 amide bonds. The van der Waals surface area contributed by atoms with Crippen molar-refractivity contribution in [2.45, 2.75) is 12.5 Å². The number of methoxy groups -OCH3 is 1. The first-order valence-corrected chi connectivity index (χ1v) is 10.4. The van der Waals surface area contributed by atoms with Gasteiger partial charge in [0.15, 0.2) is 11.5 Å². The molecule has 9 nitrogen and oxygen atoms in total. The second-order valence-corrected chi connectivity index (χ2v) is 7.71. The van der Waals surface area contributed by atoms with Gasteiger partial charge in [-0.25, -0.2) is 0 Å². The van der Waals surface area contributed by atoms with Crippen LogP contribution in [0.3, 0.4) is 0 Å². The molecule has 0 saturated carbocycles. The standard InChI is InChI=1S/C24H21N3O6/c1-31-17-8-6-16(7-9-17)25-24(28)23(26-11-10-15-4-2-3-5-19(15)26)18-12-21-22(33-14-32-21)13-20(18)27(29)30/h2-9,12-13,23H,10-11,14H2,1H3,(H,25,28)/t23-/m1/s1. The van der Waals surface area contributed by atoms with Crippen molar-refractivity contribution in [2.24, 2.45) is 0 Å². The third-order valence-corrected chi connectivity index (χ3v) is 5.85. The quantitative estimate of drug-likeness (QED) is 0.449. The summed E-state index contributed by atoms with van der Waals surface area (Å²) in [6.07, 6.45) is 0.737. The average molecular weight is 447 g/mol. The van der Waals surface area contributed by atoms with E-state index in [1.165, 1.54) is 6.07 Å². The van der Waals surface area contributed by atoms with Gasteiger partial charge in [0.2, 0.25) is 6.79 Å². The molecule has 1 N–H and O–H groups in total. The monoisotopic (exact) mass is 447 g/mol. The van der Waals surface area contributed by atoms with E-state index in [9.17, 15) is 14.9 Å². The number of anilines is 2. The van der Waals surface area contributed by atoms with E-state index in [0.29, 0.717) is 29.5 Å². The number of nitrogens with one attached hydrogen (secondary N) is 1. The lowest BCUT2D eigenvalue weighted by Gasteiger charge is -2.29. The smallest absolute Gasteiger partial charge is 0.279 e. The summed E-state index contributed by atoms with van der Waals surface area (Å²) < 4.78 is 16.0. The number of carbonyl (C=O) groups is 1. The zero-order valence-corrected chi connectivity index (χ0v) is 17.8. The maximum absolute atomic E-state index is 13.7. The molecule has 168 valence electrons. The van der Waals surface area contributed by atoms with E-state index in [-0.39, 0.29) is 24.0 Å². The molecule has 9 heteroatoms. The SMILES string of the molecule is COc1ccc(NC(=O)[C@@H](c2cc3c(cc2[N+](=O)[O-])OCO3)N2CCc3ccccc32)cc1. The molecule has 0 radical (unpaired) electrons. The Morgan fingerprint density at radius 3 is 2.58 bits per heavy atom. The fourth-order valence-corrected chi connectivity index (χ4v) is 4.29. The number of benzene rings is 3. The molecule has 2 heterocycles. The molecule has 5 rings (SSSR count). The minimum Gasteiger partial charge on any atom is -0.497 e. The van der Waals surface area contributed by atoms with E-state index in [0.717, 1.165) is 17.7 Å². The third kappa shape index (κ3) is 3.78. The first-order chi connectivity index (χ1) is 16.0. The van der Waals surface area contributed by atoms with Gasteiger partial charge >= 0.3 is 0 Å². The van der Waals surface area contributed by atoms with Gasteiger partial charge in [-0.05, 0) is 48.4 Å². The maximum atomic E-state index is 13.7. The lowest BCUT2D eigenvalue weighted by atomic mass is 10.0. The highest BCUT2D eigenvalue weighted by molar-refractivity contribution is 5.99. The van der Waals surface area contributed by atoms with Crippen molar-refractivity contribution >= 4 is 23.0 Å². The number of ether oxygens (including phenoxy) is 3. The number of amides is 1. The Morgan fingerprint density at radius 1 is 1.12 bits per heavy atom. The van der Waals surface area contributed by atoms with Crippen LogP contribution in [0, 0.1) is 10.1 Å². The van der Waals surface area contributed by atoms with Gasteiger partial charge in [0.05, 0.1) is 23.7 Å². The first-order valence-electron chi connectivity index (χ1n) is 10.4. The van der Waals surface area contributed by atoms with Crippen molar-refractivity contribution in [2.75, 3.05) is 30.7 Å². The van der Waals surface area contributed by atoms with Crippen molar-refractivity contribution in [1.29, 1.82) is 0 Å². The average Bonchev–Trinajstić information content (AvgIpc) is 3.46. The second-order valence-electron chi connectivity index (χ2n) is 7.71. The molecule has 3 aromatic rings. The van der Waals surface area contributed by atoms with Gasteiger partial charge in [-0.3, -0.25) is 14.9 Å². The van der Waals surface area contributed by atoms with Crippen LogP contribution in [-0.2, 0) is 11.2 Å². The van der Waals surface area contributed by atoms with E-state index in [4.69, 9.17) is 14.2 Å². The minimum atomic E-state index is -0.953. The van der Waals surface area contributed by atoms with Gasteiger partial charge in [-0.15, -0.1) is 0 Å². The van der Waals surface area contributed by atoms with Crippen molar-refractivity contribution in [3.63, 3.8) is 0 Å². The number of nitrogens with zero attached hydrogens (tertiary/aromatic N) is 2. The van der Waals surface area contributed by atoms with Crippen LogP contribution in [0.4, 0.5) is 17.1 Å². The van der Waals surface area contributed by atoms with E-state index in [1.807, 2.05) is 29.2 Å². The Hall–Kier alpha value is -4.27. The van der Waals surface area contributed by atoms with Crippen molar-refractivity contribution in [1.82, 2.24) is 0 Å². The van der Waals surface area contributed by atoms with Gasteiger partial charge in [-0.1, -0.05) is 18.2 Å². The van der Waals surface area contributed by atoms with Crippen LogP contribution in [0.25, 0.3) is 0 Å². The number of hydrogen-bond acceptors (Lipinski definition) is 7. The van der Waals surface area contributed by atoms with Gasteiger partial charge in [-0.2, -0.15) is 0 Å². The van der Waals surface area contributed by atoms with Crippen LogP contribution in [0.5, 0.6) is 17.2 Å². The lowest BCUT2D eigenvalue weighted by Crippen LogP contribution is -2.36. The zero-order chi connectivity index (χ0) is 22.9. The summed E-state index contributed by atoms with van der Waals surface area (Å²) in [6.45, 7) is 0.525. The van der Waals surface area contributed by atoms with Crippen molar-refractivity contribution in [3.8, 4) is 17.2 Å². The normalized spacial score (nSPS) is 14.5. The number of hydrogen-bond donors (Lipinski definition) is 1. The molecule has 0 aliphatic carbocycles. The van der Waals surface area contributed by atoms with E-state index in [1.54, 1.807) is 37.4 Å². The molecule has 33 heavy (non-hydrogen) atoms. The number of fused-ring (bicyclic) bond motifs is 2. The highest BCUT2D eigenvalue weighted by atomic mass is 16.7. The molecule has 0 unspecified atom stereocenters. The van der Waals surface area contributed by atoms with Crippen LogP contribution >= 0.6 is 0 Å². The van der Waals surface area contributed by atoms with Crippen LogP contribution in [0.2, 0.25) is 0 Å². The van der Waals surface area contributed by atoms with Crippen molar-refractivity contribution in [3.05, 3.63) is 81.9 Å². The van der Waals surface area contributed by atoms with Gasteiger partial charge in [0.25, 0.3) is 11.6 Å². The topological polar surface area (TPSA) is 103 Å². The number of nitro benzene ring substituents is 1. The van der Waals surface area contributed by atoms with E-state index in [2.05, 4.69) is 5.32 Å². The molecule has 0 saturated heterocycles. The number of carbonyl (C=O) groups excluding carboxylic acids is 1. The van der Waals surface area contributed by atoms with E-state index < -0.39 is 11.0 Å². The molecule has 0 aromatic heterocycles. The summed E-state index contributed by atoms with van der Waals surface area (Å²) in [4.78, 5) is 27.1. The van der Waals surface area contributed by atoms with Gasteiger partial charge < -0.3 is 24.4 Å². The Kier molecular flexibility index (Phi) is 5.21. The Morgan fingerprint density at radius 2 is 1.85 bits per heavy atom. The van der Waals surface area contributed by atoms with Crippen LogP contribution < -0.4 is 24.4 Å². The Labute approximate surface area is 189 Å². The fraction of sp³-hybridized carbons (Fsp3) is 0.208. The summed E-state index contributed by atoms with van der Waals surface area (Å²) >= 11 is 0. The Bertz CT molecular complexity index is 1230. The van der Waals surface area contributed by atoms with E-state index >= 15 is 0 Å². The molecule has 2 aliphatic heterocycles. The summed E-state index contributed by atoms with van der Waals surface area (Å²) in [5.74, 6) is 0.940. The van der Waals surface area contributed by atoms with Crippen LogP contribution in [0.1, 0.15) is 17.2 Å². The molecule has 0 fully saturated rings. The number of nitro groups is 1. The summed E-state index contributed by atoms with van der Waals surface area (Å²) in [5, 5.41) is 14.9. The highest BCUT2D eigenvalue weighted by Gasteiger charge is 2.38. The largest absolute Gasteiger partial charge is 0.497 e. The minimum absolute atomic E-state index is 0.0226. The molecule has 2 aliphatic rings. The Balaban J connectivity index is 1.59. The second kappa shape index (κ2) is 8.34. The van der Waals surface area contributed by atoms with Gasteiger partial charge in [0, 0.05) is 17.9 Å². The predicted octanol–water partition coefficient (Wildman–Crippen LogP) is 4.07. The summed E-state index contributed by atoms with van der Waals surface area (Å²) in [5.41, 5.74) is 2.56. The zero-order valence-electron chi connectivity index (χ0n) is 17.8. The first kappa shape index (κ1) is 20.6. The predicted molar refractivity (Wildman–Crippen MR) is 121 cm³/mol. The van der Waals surface area contributed by atoms with Crippen LogP contribution in [0.15, 0.2) is 60.7 Å².